The molecule has 0 amide bonds. The van der Waals surface area contributed by atoms with Crippen LogP contribution in [0.25, 0.3) is 0 Å². The Morgan fingerprint density at radius 2 is 0.700 bits per heavy atom. The maximum Gasteiger partial charge on any atom is 0.235 e. The summed E-state index contributed by atoms with van der Waals surface area (Å²) in [5, 5.41) is 0. The van der Waals surface area contributed by atoms with Crippen LogP contribution in [0.1, 0.15) is 77.0 Å². The molecule has 20 heavy (non-hydrogen) atoms. The summed E-state index contributed by atoms with van der Waals surface area (Å²) >= 11 is 0. The predicted octanol–water partition coefficient (Wildman–Crippen LogP) is 4.34. The van der Waals surface area contributed by atoms with Crippen LogP contribution in [0.4, 0.5) is 0 Å². The second kappa shape index (κ2) is 17.8. The van der Waals surface area contributed by atoms with Crippen LogP contribution in [0.2, 0.25) is 0 Å². The van der Waals surface area contributed by atoms with Crippen molar-refractivity contribution in [3.8, 4) is 0 Å². The second-order valence-electron chi connectivity index (χ2n) is 5.19. The number of aliphatic imine (C=N–C) groups is 2. The van der Waals surface area contributed by atoms with Gasteiger partial charge < -0.3 is 0 Å². The molecule has 0 aliphatic heterocycles. The molecule has 0 bridgehead atoms. The Labute approximate surface area is 122 Å². The third-order valence-corrected chi connectivity index (χ3v) is 3.45. The minimum atomic E-state index is 0.221. The molecule has 0 aromatic carbocycles. The zero-order valence-electron chi connectivity index (χ0n) is 12.6. The van der Waals surface area contributed by atoms with E-state index in [1.807, 2.05) is 0 Å². The fraction of sp³-hybridized carbons (Fsp3) is 0.875. The SMILES string of the molecule is C1CCCCC1.C1CCCCC1.O=C=NCCN=C=O. The lowest BCUT2D eigenvalue weighted by atomic mass is 10.0. The summed E-state index contributed by atoms with van der Waals surface area (Å²) in [6.07, 6.45) is 20.6. The van der Waals surface area contributed by atoms with Crippen molar-refractivity contribution in [2.24, 2.45) is 9.98 Å². The number of carbonyl (C=O) groups excluding carboxylic acids is 2. The predicted molar refractivity (Wildman–Crippen MR) is 81.4 cm³/mol. The van der Waals surface area contributed by atoms with Crippen LogP contribution in [0.15, 0.2) is 9.98 Å². The van der Waals surface area contributed by atoms with Crippen molar-refractivity contribution in [2.45, 2.75) is 77.0 Å². The van der Waals surface area contributed by atoms with Gasteiger partial charge in [0.05, 0.1) is 13.1 Å². The molecule has 0 heterocycles. The summed E-state index contributed by atoms with van der Waals surface area (Å²) in [6.45, 7) is 0.442. The summed E-state index contributed by atoms with van der Waals surface area (Å²) in [4.78, 5) is 24.9. The Bertz CT molecular complexity index is 232. The van der Waals surface area contributed by atoms with Crippen molar-refractivity contribution in [2.75, 3.05) is 13.1 Å². The van der Waals surface area contributed by atoms with Gasteiger partial charge in [-0.3, -0.25) is 0 Å². The van der Waals surface area contributed by atoms with Gasteiger partial charge in [-0.25, -0.2) is 19.6 Å². The molecule has 2 rings (SSSR count). The molecule has 0 aromatic heterocycles. The maximum absolute atomic E-state index is 9.34. The summed E-state index contributed by atoms with van der Waals surface area (Å²) in [5.41, 5.74) is 0. The Balaban J connectivity index is 0.000000274. The van der Waals surface area contributed by atoms with Gasteiger partial charge in [-0.1, -0.05) is 77.0 Å². The van der Waals surface area contributed by atoms with E-state index in [-0.39, 0.29) is 13.1 Å². The molecule has 0 saturated heterocycles. The minimum Gasteiger partial charge on any atom is -0.211 e. The highest BCUT2D eigenvalue weighted by molar-refractivity contribution is 5.34. The zero-order valence-corrected chi connectivity index (χ0v) is 12.6. The van der Waals surface area contributed by atoms with E-state index in [1.165, 1.54) is 89.2 Å². The highest BCUT2D eigenvalue weighted by Crippen LogP contribution is 2.15. The first-order chi connectivity index (χ1) is 9.91. The first-order valence-electron chi connectivity index (χ1n) is 7.99. The van der Waals surface area contributed by atoms with Crippen molar-refractivity contribution in [1.82, 2.24) is 0 Å². The molecule has 2 saturated carbocycles. The largest absolute Gasteiger partial charge is 0.235 e. The molecule has 2 aliphatic carbocycles. The lowest BCUT2D eigenvalue weighted by Crippen LogP contribution is -1.85. The molecule has 2 aliphatic rings. The van der Waals surface area contributed by atoms with Crippen LogP contribution in [-0.4, -0.2) is 25.2 Å². The lowest BCUT2D eigenvalue weighted by molar-refractivity contribution is 0.504. The molecule has 0 N–H and O–H groups in total. The van der Waals surface area contributed by atoms with Crippen LogP contribution in [0, 0.1) is 0 Å². The number of rotatable bonds is 3. The standard InChI is InChI=1S/2C6H12.C4H4N2O2/c2*1-2-4-6-5-3-1;7-3-5-1-2-6-4-8/h2*1-6H2;1-2H2. The third kappa shape index (κ3) is 16.8. The second-order valence-corrected chi connectivity index (χ2v) is 5.19. The van der Waals surface area contributed by atoms with E-state index >= 15 is 0 Å². The Morgan fingerprint density at radius 3 is 0.850 bits per heavy atom. The van der Waals surface area contributed by atoms with Gasteiger partial charge in [-0.05, 0) is 0 Å². The van der Waals surface area contributed by atoms with Gasteiger partial charge >= 0.3 is 0 Å². The van der Waals surface area contributed by atoms with Gasteiger partial charge in [0, 0.05) is 0 Å². The van der Waals surface area contributed by atoms with Crippen LogP contribution >= 0.6 is 0 Å². The molecule has 4 nitrogen and oxygen atoms in total. The van der Waals surface area contributed by atoms with Crippen LogP contribution in [0.3, 0.4) is 0 Å². The van der Waals surface area contributed by atoms with Gasteiger partial charge in [0.2, 0.25) is 12.2 Å². The molecule has 0 spiro atoms. The average Bonchev–Trinajstić information content (AvgIpc) is 2.56. The fourth-order valence-electron chi connectivity index (χ4n) is 2.31. The summed E-state index contributed by atoms with van der Waals surface area (Å²) in [7, 11) is 0. The Kier molecular flexibility index (Phi) is 16.7. The quantitative estimate of drug-likeness (QED) is 0.438. The van der Waals surface area contributed by atoms with E-state index in [4.69, 9.17) is 0 Å². The highest BCUT2D eigenvalue weighted by Gasteiger charge is 1.96. The number of nitrogens with zero attached hydrogens (tertiary/aromatic N) is 2. The zero-order chi connectivity index (χ0) is 14.7. The lowest BCUT2D eigenvalue weighted by Gasteiger charge is -2.05. The van der Waals surface area contributed by atoms with Gasteiger partial charge in [0.15, 0.2) is 0 Å². The third-order valence-electron chi connectivity index (χ3n) is 3.45. The van der Waals surface area contributed by atoms with Crippen molar-refractivity contribution in [1.29, 1.82) is 0 Å². The van der Waals surface area contributed by atoms with Crippen LogP contribution < -0.4 is 0 Å². The Hall–Kier alpha value is -1.24. The molecule has 2 fully saturated rings. The van der Waals surface area contributed by atoms with Crippen LogP contribution in [-0.2, 0) is 9.59 Å². The first kappa shape index (κ1) is 18.8. The van der Waals surface area contributed by atoms with Gasteiger partial charge in [0.1, 0.15) is 0 Å². The molecule has 0 unspecified atom stereocenters. The van der Waals surface area contributed by atoms with E-state index < -0.39 is 0 Å². The van der Waals surface area contributed by atoms with Crippen molar-refractivity contribution in [3.05, 3.63) is 0 Å². The molecule has 114 valence electrons. The van der Waals surface area contributed by atoms with E-state index in [2.05, 4.69) is 9.98 Å². The molecule has 4 heteroatoms. The molecule has 0 aromatic rings. The fourth-order valence-corrected chi connectivity index (χ4v) is 2.31. The number of hydrogen-bond donors (Lipinski definition) is 0. The van der Waals surface area contributed by atoms with Gasteiger partial charge in [-0.2, -0.15) is 0 Å². The summed E-state index contributed by atoms with van der Waals surface area (Å²) < 4.78 is 0. The molecule has 0 atom stereocenters. The first-order valence-corrected chi connectivity index (χ1v) is 7.99. The number of hydrogen-bond acceptors (Lipinski definition) is 4. The average molecular weight is 280 g/mol. The van der Waals surface area contributed by atoms with Gasteiger partial charge in [0.25, 0.3) is 0 Å². The van der Waals surface area contributed by atoms with E-state index in [1.54, 1.807) is 0 Å². The monoisotopic (exact) mass is 280 g/mol. The van der Waals surface area contributed by atoms with E-state index in [0.717, 1.165) is 0 Å². The van der Waals surface area contributed by atoms with Crippen molar-refractivity contribution >= 4 is 12.2 Å². The molecular formula is C16H28N2O2. The topological polar surface area (TPSA) is 58.9 Å². The Morgan fingerprint density at radius 1 is 0.500 bits per heavy atom. The minimum absolute atomic E-state index is 0.221. The van der Waals surface area contributed by atoms with Crippen LogP contribution in [0.5, 0.6) is 0 Å². The van der Waals surface area contributed by atoms with Crippen molar-refractivity contribution in [3.63, 3.8) is 0 Å². The smallest absolute Gasteiger partial charge is 0.211 e. The van der Waals surface area contributed by atoms with E-state index in [0.29, 0.717) is 0 Å². The van der Waals surface area contributed by atoms with E-state index in [9.17, 15) is 9.59 Å². The highest BCUT2D eigenvalue weighted by atomic mass is 16.1. The summed E-state index contributed by atoms with van der Waals surface area (Å²) in [6, 6.07) is 0. The molecular weight excluding hydrogens is 252 g/mol. The summed E-state index contributed by atoms with van der Waals surface area (Å²) in [5.74, 6) is 0. The molecule has 0 radical (unpaired) electrons. The number of isocyanates is 2. The van der Waals surface area contributed by atoms with Gasteiger partial charge in [-0.15, -0.1) is 0 Å². The van der Waals surface area contributed by atoms with Crippen molar-refractivity contribution < 1.29 is 9.59 Å². The normalized spacial score (nSPS) is 17.0. The maximum atomic E-state index is 9.34.